The van der Waals surface area contributed by atoms with Crippen LogP contribution < -0.4 is 15.4 Å². The van der Waals surface area contributed by atoms with Gasteiger partial charge in [-0.1, -0.05) is 6.92 Å². The topological polar surface area (TPSA) is 93.5 Å². The van der Waals surface area contributed by atoms with Crippen molar-refractivity contribution in [3.05, 3.63) is 28.3 Å². The first-order valence-corrected chi connectivity index (χ1v) is 6.54. The Morgan fingerprint density at radius 2 is 2.35 bits per heavy atom. The summed E-state index contributed by atoms with van der Waals surface area (Å²) in [6.45, 7) is 2.92. The minimum Gasteiger partial charge on any atom is -0.487 e. The second-order valence-electron chi connectivity index (χ2n) is 4.64. The fraction of sp³-hybridized carbons (Fsp3) is 0.462. The van der Waals surface area contributed by atoms with Crippen molar-refractivity contribution < 1.29 is 14.5 Å². The number of ether oxygens (including phenoxy) is 1. The van der Waals surface area contributed by atoms with Crippen LogP contribution in [0.15, 0.2) is 18.2 Å². The molecule has 1 heterocycles. The lowest BCUT2D eigenvalue weighted by Gasteiger charge is -2.13. The van der Waals surface area contributed by atoms with Gasteiger partial charge < -0.3 is 15.4 Å². The maximum absolute atomic E-state index is 11.1. The Kier molecular flexibility index (Phi) is 4.39. The number of carbonyl (C=O) groups is 1. The van der Waals surface area contributed by atoms with Gasteiger partial charge in [0.2, 0.25) is 5.91 Å². The van der Waals surface area contributed by atoms with E-state index in [4.69, 9.17) is 4.74 Å². The zero-order valence-electron chi connectivity index (χ0n) is 11.2. The number of carbonyl (C=O) groups excluding carboxylic acids is 1. The molecule has 1 aliphatic heterocycles. The lowest BCUT2D eigenvalue weighted by molar-refractivity contribution is -0.385. The number of rotatable bonds is 6. The Morgan fingerprint density at radius 3 is 2.95 bits per heavy atom. The van der Waals surface area contributed by atoms with Crippen molar-refractivity contribution in [1.29, 1.82) is 0 Å². The Bertz CT molecular complexity index is 518. The largest absolute Gasteiger partial charge is 0.487 e. The molecular weight excluding hydrogens is 262 g/mol. The zero-order valence-corrected chi connectivity index (χ0v) is 11.2. The number of nitrogens with one attached hydrogen (secondary N) is 2. The smallest absolute Gasteiger partial charge is 0.311 e. The number of nitro groups is 1. The van der Waals surface area contributed by atoms with Crippen molar-refractivity contribution >= 4 is 17.3 Å². The number of benzene rings is 1. The maximum Gasteiger partial charge on any atom is 0.311 e. The highest BCUT2D eigenvalue weighted by Crippen LogP contribution is 2.30. The van der Waals surface area contributed by atoms with E-state index in [9.17, 15) is 14.9 Å². The van der Waals surface area contributed by atoms with Crippen LogP contribution in [-0.4, -0.2) is 30.0 Å². The van der Waals surface area contributed by atoms with Gasteiger partial charge in [0.15, 0.2) is 5.75 Å². The van der Waals surface area contributed by atoms with Crippen LogP contribution in [0.25, 0.3) is 0 Å². The molecule has 20 heavy (non-hydrogen) atoms. The van der Waals surface area contributed by atoms with Crippen LogP contribution in [0, 0.1) is 10.1 Å². The zero-order chi connectivity index (χ0) is 14.5. The summed E-state index contributed by atoms with van der Waals surface area (Å²) in [5.41, 5.74) is 0.660. The van der Waals surface area contributed by atoms with Gasteiger partial charge in [0.1, 0.15) is 0 Å². The summed E-state index contributed by atoms with van der Waals surface area (Å²) in [6.07, 6.45) is 1.18. The molecule has 1 amide bonds. The molecule has 0 saturated carbocycles. The molecule has 0 aliphatic carbocycles. The summed E-state index contributed by atoms with van der Waals surface area (Å²) in [7, 11) is 0. The van der Waals surface area contributed by atoms with Crippen LogP contribution >= 0.6 is 0 Å². The van der Waals surface area contributed by atoms with Crippen LogP contribution in [-0.2, 0) is 4.79 Å². The van der Waals surface area contributed by atoms with Gasteiger partial charge >= 0.3 is 5.69 Å². The summed E-state index contributed by atoms with van der Waals surface area (Å²) < 4.78 is 5.41. The fourth-order valence-electron chi connectivity index (χ4n) is 2.03. The number of amides is 1. The molecule has 108 valence electrons. The number of nitrogens with zero attached hydrogens (tertiary/aromatic N) is 1. The van der Waals surface area contributed by atoms with Gasteiger partial charge in [-0.25, -0.2) is 0 Å². The van der Waals surface area contributed by atoms with Crippen molar-refractivity contribution in [2.75, 3.05) is 18.5 Å². The predicted octanol–water partition coefficient (Wildman–Crippen LogP) is 1.68. The highest BCUT2D eigenvalue weighted by molar-refractivity contribution is 5.79. The molecule has 2 rings (SSSR count). The molecule has 0 radical (unpaired) electrons. The standard InChI is InChI=1S/C13H17N3O4/c1-2-5-20-12-6-9(3-4-11(12)16(18)19)15-10-7-13(17)14-8-10/h3-4,6,10,15H,2,5,7-8H2,1H3,(H,14,17). The quantitative estimate of drug-likeness (QED) is 0.610. The molecule has 1 aromatic carbocycles. The number of hydrogen-bond donors (Lipinski definition) is 2. The van der Waals surface area contributed by atoms with E-state index in [1.54, 1.807) is 12.1 Å². The Morgan fingerprint density at radius 1 is 1.55 bits per heavy atom. The van der Waals surface area contributed by atoms with Crippen molar-refractivity contribution in [1.82, 2.24) is 5.32 Å². The summed E-state index contributed by atoms with van der Waals surface area (Å²) in [5.74, 6) is 0.256. The number of anilines is 1. The third-order valence-electron chi connectivity index (χ3n) is 2.97. The Balaban J connectivity index is 2.13. The van der Waals surface area contributed by atoms with E-state index in [2.05, 4.69) is 10.6 Å². The maximum atomic E-state index is 11.1. The summed E-state index contributed by atoms with van der Waals surface area (Å²) in [5, 5.41) is 16.8. The van der Waals surface area contributed by atoms with Crippen LogP contribution in [0.4, 0.5) is 11.4 Å². The van der Waals surface area contributed by atoms with Gasteiger partial charge in [-0.3, -0.25) is 14.9 Å². The second kappa shape index (κ2) is 6.23. The van der Waals surface area contributed by atoms with Crippen molar-refractivity contribution in [3.8, 4) is 5.75 Å². The molecule has 1 fully saturated rings. The SMILES string of the molecule is CCCOc1cc(NC2CNC(=O)C2)ccc1[N+](=O)[O-]. The highest BCUT2D eigenvalue weighted by atomic mass is 16.6. The third-order valence-corrected chi connectivity index (χ3v) is 2.97. The minimum absolute atomic E-state index is 0.00276. The van der Waals surface area contributed by atoms with Crippen LogP contribution in [0.2, 0.25) is 0 Å². The van der Waals surface area contributed by atoms with Gasteiger partial charge in [0, 0.05) is 30.8 Å². The summed E-state index contributed by atoms with van der Waals surface area (Å²) in [6, 6.07) is 4.65. The van der Waals surface area contributed by atoms with Gasteiger partial charge in [-0.05, 0) is 12.5 Å². The molecule has 7 nitrogen and oxygen atoms in total. The highest BCUT2D eigenvalue weighted by Gasteiger charge is 2.22. The van der Waals surface area contributed by atoms with Crippen molar-refractivity contribution in [2.24, 2.45) is 0 Å². The molecule has 0 aromatic heterocycles. The molecule has 1 aromatic rings. The van der Waals surface area contributed by atoms with Gasteiger partial charge in [-0.2, -0.15) is 0 Å². The van der Waals surface area contributed by atoms with Crippen molar-refractivity contribution in [2.45, 2.75) is 25.8 Å². The average molecular weight is 279 g/mol. The van der Waals surface area contributed by atoms with E-state index in [0.29, 0.717) is 25.3 Å². The predicted molar refractivity (Wildman–Crippen MR) is 73.9 cm³/mol. The first kappa shape index (κ1) is 14.1. The number of nitro benzene ring substituents is 1. The Labute approximate surface area is 116 Å². The van der Waals surface area contributed by atoms with Gasteiger partial charge in [-0.15, -0.1) is 0 Å². The normalized spacial score (nSPS) is 17.6. The Hall–Kier alpha value is -2.31. The molecule has 0 bridgehead atoms. The first-order chi connectivity index (χ1) is 9.60. The lowest BCUT2D eigenvalue weighted by atomic mass is 10.2. The first-order valence-electron chi connectivity index (χ1n) is 6.54. The van der Waals surface area contributed by atoms with E-state index < -0.39 is 4.92 Å². The van der Waals surface area contributed by atoms with E-state index in [1.807, 2.05) is 6.92 Å². The molecule has 0 spiro atoms. The molecule has 1 atom stereocenters. The number of hydrogen-bond acceptors (Lipinski definition) is 5. The molecular formula is C13H17N3O4. The van der Waals surface area contributed by atoms with E-state index in [1.165, 1.54) is 6.07 Å². The van der Waals surface area contributed by atoms with Crippen molar-refractivity contribution in [3.63, 3.8) is 0 Å². The monoisotopic (exact) mass is 279 g/mol. The molecule has 1 aliphatic rings. The van der Waals surface area contributed by atoms with E-state index >= 15 is 0 Å². The summed E-state index contributed by atoms with van der Waals surface area (Å²) >= 11 is 0. The van der Waals surface area contributed by atoms with Gasteiger partial charge in [0.25, 0.3) is 0 Å². The molecule has 1 saturated heterocycles. The van der Waals surface area contributed by atoms with Crippen LogP contribution in [0.3, 0.4) is 0 Å². The minimum atomic E-state index is -0.463. The fourth-order valence-corrected chi connectivity index (χ4v) is 2.03. The average Bonchev–Trinajstić information content (AvgIpc) is 2.81. The molecule has 7 heteroatoms. The van der Waals surface area contributed by atoms with E-state index in [-0.39, 0.29) is 23.4 Å². The van der Waals surface area contributed by atoms with E-state index in [0.717, 1.165) is 6.42 Å². The summed E-state index contributed by atoms with van der Waals surface area (Å²) in [4.78, 5) is 21.6. The van der Waals surface area contributed by atoms with Gasteiger partial charge in [0.05, 0.1) is 17.6 Å². The lowest BCUT2D eigenvalue weighted by Crippen LogP contribution is -2.22. The molecule has 1 unspecified atom stereocenters. The second-order valence-corrected chi connectivity index (χ2v) is 4.64. The third kappa shape index (κ3) is 3.37. The molecule has 2 N–H and O–H groups in total. The van der Waals surface area contributed by atoms with Crippen LogP contribution in [0.1, 0.15) is 19.8 Å². The van der Waals surface area contributed by atoms with Crippen LogP contribution in [0.5, 0.6) is 5.75 Å².